The Balaban J connectivity index is 5.22. The summed E-state index contributed by atoms with van der Waals surface area (Å²) in [5.41, 5.74) is 0. The maximum atomic E-state index is 13.2. The number of aliphatic hydroxyl groups excluding tert-OH is 1. The third-order valence-corrected chi connectivity index (χ3v) is 22.8. The van der Waals surface area contributed by atoms with Crippen molar-refractivity contribution < 1.29 is 80.2 Å². The number of rotatable bonds is 87. The van der Waals surface area contributed by atoms with E-state index in [1.165, 1.54) is 295 Å². The van der Waals surface area contributed by atoms with Crippen LogP contribution in [0.25, 0.3) is 0 Å². The molecule has 0 saturated carbocycles. The van der Waals surface area contributed by atoms with Gasteiger partial charge in [-0.25, -0.2) is 9.13 Å². The van der Waals surface area contributed by atoms with E-state index in [2.05, 4.69) is 34.6 Å². The van der Waals surface area contributed by atoms with Crippen molar-refractivity contribution in [2.75, 3.05) is 39.6 Å². The molecule has 0 aromatic rings. The van der Waals surface area contributed by atoms with Gasteiger partial charge in [-0.1, -0.05) is 420 Å². The van der Waals surface area contributed by atoms with Gasteiger partial charge in [-0.15, -0.1) is 0 Å². The molecule has 0 aliphatic carbocycles. The lowest BCUT2D eigenvalue weighted by atomic mass is 9.99. The Morgan fingerprint density at radius 1 is 0.264 bits per heavy atom. The summed E-state index contributed by atoms with van der Waals surface area (Å²) in [6.07, 6.45) is 73.5. The third-order valence-electron chi connectivity index (χ3n) is 20.9. The van der Waals surface area contributed by atoms with Gasteiger partial charge in [0.05, 0.1) is 26.4 Å². The lowest BCUT2D eigenvalue weighted by molar-refractivity contribution is -0.161. The van der Waals surface area contributed by atoms with Crippen LogP contribution >= 0.6 is 15.6 Å². The van der Waals surface area contributed by atoms with Gasteiger partial charge in [-0.2, -0.15) is 0 Å². The average molecular weight is 1550 g/mol. The molecular formula is C87H170O17P2. The largest absolute Gasteiger partial charge is 0.472 e. The minimum Gasteiger partial charge on any atom is -0.462 e. The molecule has 0 radical (unpaired) electrons. The zero-order valence-corrected chi connectivity index (χ0v) is 71.4. The van der Waals surface area contributed by atoms with E-state index in [9.17, 15) is 43.2 Å². The highest BCUT2D eigenvalue weighted by atomic mass is 31.2. The molecule has 0 fully saturated rings. The fourth-order valence-electron chi connectivity index (χ4n) is 13.6. The molecule has 0 aromatic carbocycles. The Kier molecular flexibility index (Phi) is 78.2. The van der Waals surface area contributed by atoms with Crippen LogP contribution in [0, 0.1) is 5.92 Å². The van der Waals surface area contributed by atoms with Gasteiger partial charge in [0.15, 0.2) is 12.2 Å². The van der Waals surface area contributed by atoms with Crippen LogP contribution in [-0.4, -0.2) is 96.7 Å². The maximum Gasteiger partial charge on any atom is 0.472 e. The van der Waals surface area contributed by atoms with E-state index in [1.54, 1.807) is 0 Å². The molecule has 0 amide bonds. The van der Waals surface area contributed by atoms with Crippen LogP contribution in [0.1, 0.15) is 471 Å². The Morgan fingerprint density at radius 2 is 0.453 bits per heavy atom. The van der Waals surface area contributed by atoms with Gasteiger partial charge in [0.1, 0.15) is 19.3 Å². The van der Waals surface area contributed by atoms with Crippen LogP contribution in [0.3, 0.4) is 0 Å². The minimum atomic E-state index is -4.97. The molecule has 3 unspecified atom stereocenters. The molecule has 0 saturated heterocycles. The fourth-order valence-corrected chi connectivity index (χ4v) is 15.2. The van der Waals surface area contributed by atoms with E-state index in [4.69, 9.17) is 37.0 Å². The van der Waals surface area contributed by atoms with Gasteiger partial charge >= 0.3 is 39.5 Å². The van der Waals surface area contributed by atoms with Gasteiger partial charge in [-0.05, 0) is 31.6 Å². The maximum absolute atomic E-state index is 13.2. The summed E-state index contributed by atoms with van der Waals surface area (Å²) in [5.74, 6) is -1.23. The summed E-state index contributed by atoms with van der Waals surface area (Å²) < 4.78 is 68.9. The standard InChI is InChI=1S/C87H170O17P2/c1-6-10-13-16-19-22-25-27-29-30-31-35-38-42-46-51-56-61-66-71-85(90)98-77-83(104-87(92)73-68-63-58-53-48-43-39-36-33-32-34-37-40-45-49-54-59-64-69-80(5)9-4)79-102-106(95,96)100-75-81(88)74-99-105(93,94)101-78-82(76-97-84(89)70-65-60-55-50-44-24-21-18-15-12-8-3)103-86(91)72-67-62-57-52-47-41-28-26-23-20-17-14-11-7-2/h80-83,88H,6-79H2,1-5H3,(H,93,94)(H,95,96)/t80?,81-,82+,83+/m0/s1. The second-order valence-corrected chi connectivity index (χ2v) is 34.4. The summed E-state index contributed by atoms with van der Waals surface area (Å²) in [6, 6.07) is 0. The molecule has 6 atom stereocenters. The predicted octanol–water partition coefficient (Wildman–Crippen LogP) is 26.8. The average Bonchev–Trinajstić information content (AvgIpc) is 0.900. The van der Waals surface area contributed by atoms with Crippen molar-refractivity contribution in [3.05, 3.63) is 0 Å². The van der Waals surface area contributed by atoms with E-state index in [1.807, 2.05) is 0 Å². The van der Waals surface area contributed by atoms with E-state index in [-0.39, 0.29) is 25.7 Å². The van der Waals surface area contributed by atoms with Crippen molar-refractivity contribution >= 4 is 39.5 Å². The van der Waals surface area contributed by atoms with Crippen LogP contribution in [0.2, 0.25) is 0 Å². The second-order valence-electron chi connectivity index (χ2n) is 31.5. The normalized spacial score (nSPS) is 14.0. The molecule has 0 aliphatic heterocycles. The molecule has 0 rings (SSSR count). The summed E-state index contributed by atoms with van der Waals surface area (Å²) in [4.78, 5) is 73.2. The lowest BCUT2D eigenvalue weighted by Crippen LogP contribution is -2.30. The zero-order valence-electron chi connectivity index (χ0n) is 69.6. The van der Waals surface area contributed by atoms with Crippen LogP contribution in [0.5, 0.6) is 0 Å². The van der Waals surface area contributed by atoms with Crippen molar-refractivity contribution in [3.8, 4) is 0 Å². The predicted molar refractivity (Wildman–Crippen MR) is 437 cm³/mol. The van der Waals surface area contributed by atoms with Crippen LogP contribution < -0.4 is 0 Å². The first kappa shape index (κ1) is 104. The molecular weight excluding hydrogens is 1380 g/mol. The third kappa shape index (κ3) is 78.7. The Morgan fingerprint density at radius 3 is 0.670 bits per heavy atom. The topological polar surface area (TPSA) is 237 Å². The highest BCUT2D eigenvalue weighted by Gasteiger charge is 2.30. The van der Waals surface area contributed by atoms with E-state index >= 15 is 0 Å². The van der Waals surface area contributed by atoms with Gasteiger partial charge in [0.25, 0.3) is 0 Å². The highest BCUT2D eigenvalue weighted by Crippen LogP contribution is 2.45. The number of hydrogen-bond acceptors (Lipinski definition) is 15. The second kappa shape index (κ2) is 79.7. The first-order valence-electron chi connectivity index (χ1n) is 45.2. The molecule has 3 N–H and O–H groups in total. The van der Waals surface area contributed by atoms with E-state index < -0.39 is 97.5 Å². The number of phosphoric acid groups is 2. The van der Waals surface area contributed by atoms with Crippen LogP contribution in [0.15, 0.2) is 0 Å². The van der Waals surface area contributed by atoms with Crippen molar-refractivity contribution in [1.29, 1.82) is 0 Å². The summed E-state index contributed by atoms with van der Waals surface area (Å²) in [6.45, 7) is 7.44. The summed E-state index contributed by atoms with van der Waals surface area (Å²) in [5, 5.41) is 10.7. The molecule has 0 bridgehead atoms. The first-order chi connectivity index (χ1) is 51.6. The van der Waals surface area contributed by atoms with Gasteiger partial charge in [0, 0.05) is 25.7 Å². The number of hydrogen-bond donors (Lipinski definition) is 3. The van der Waals surface area contributed by atoms with E-state index in [0.29, 0.717) is 25.7 Å². The molecule has 0 aromatic heterocycles. The highest BCUT2D eigenvalue weighted by molar-refractivity contribution is 7.47. The fraction of sp³-hybridized carbons (Fsp3) is 0.954. The Bertz CT molecular complexity index is 2020. The molecule has 106 heavy (non-hydrogen) atoms. The number of esters is 4. The summed E-state index contributed by atoms with van der Waals surface area (Å²) in [7, 11) is -9.93. The van der Waals surface area contributed by atoms with E-state index in [0.717, 1.165) is 95.8 Å². The Labute approximate surface area is 651 Å². The number of unbranched alkanes of at least 4 members (excludes halogenated alkanes) is 58. The van der Waals surface area contributed by atoms with Crippen molar-refractivity contribution in [3.63, 3.8) is 0 Å². The molecule has 0 aliphatic rings. The Hall–Kier alpha value is -1.94. The monoisotopic (exact) mass is 1550 g/mol. The van der Waals surface area contributed by atoms with Gasteiger partial charge in [-0.3, -0.25) is 37.3 Å². The number of ether oxygens (including phenoxy) is 4. The zero-order chi connectivity index (χ0) is 77.6. The number of phosphoric ester groups is 2. The van der Waals surface area contributed by atoms with Gasteiger partial charge in [0.2, 0.25) is 0 Å². The molecule has 17 nitrogen and oxygen atoms in total. The number of carbonyl (C=O) groups excluding carboxylic acids is 4. The lowest BCUT2D eigenvalue weighted by Gasteiger charge is -2.21. The SMILES string of the molecule is CCCCCCCCCCCCCCCCCCCCCC(=O)OC[C@H](COP(=O)(O)OC[C@@H](O)COP(=O)(O)OC[C@@H](COC(=O)CCCCCCCCCCCCC)OC(=O)CCCCCCCCCCCCCCCC)OC(=O)CCCCCCCCCCCCCCCCCCCCC(C)CC. The van der Waals surface area contributed by atoms with Crippen molar-refractivity contribution in [2.24, 2.45) is 5.92 Å². The first-order valence-corrected chi connectivity index (χ1v) is 48.2. The van der Waals surface area contributed by atoms with Crippen molar-refractivity contribution in [1.82, 2.24) is 0 Å². The number of carbonyl (C=O) groups is 4. The number of aliphatic hydroxyl groups is 1. The van der Waals surface area contributed by atoms with Crippen molar-refractivity contribution in [2.45, 2.75) is 490 Å². The minimum absolute atomic E-state index is 0.109. The quantitative estimate of drug-likeness (QED) is 0.0222. The smallest absolute Gasteiger partial charge is 0.462 e. The summed E-state index contributed by atoms with van der Waals surface area (Å²) >= 11 is 0. The van der Waals surface area contributed by atoms with Crippen LogP contribution in [-0.2, 0) is 65.4 Å². The van der Waals surface area contributed by atoms with Crippen LogP contribution in [0.4, 0.5) is 0 Å². The molecule has 19 heteroatoms. The molecule has 0 heterocycles. The molecule has 630 valence electrons. The van der Waals surface area contributed by atoms with Gasteiger partial charge < -0.3 is 33.8 Å². The molecule has 0 spiro atoms.